The van der Waals surface area contributed by atoms with Gasteiger partial charge in [0.05, 0.1) is 6.33 Å². The molecule has 1 aromatic heterocycles. The Kier molecular flexibility index (Phi) is 2.30. The summed E-state index contributed by atoms with van der Waals surface area (Å²) in [5, 5.41) is 0.100. The predicted molar refractivity (Wildman–Crippen MR) is 51.2 cm³/mol. The Bertz CT molecular complexity index is 384. The number of hydrogen-bond donors (Lipinski definition) is 0. The summed E-state index contributed by atoms with van der Waals surface area (Å²) in [6, 6.07) is 0. The van der Waals surface area contributed by atoms with Crippen LogP contribution in [0.1, 0.15) is 12.8 Å². The molecule has 0 unspecified atom stereocenters. The van der Waals surface area contributed by atoms with Crippen molar-refractivity contribution in [1.82, 2.24) is 9.55 Å². The first-order chi connectivity index (χ1) is 6.18. The monoisotopic (exact) mass is 218 g/mol. The van der Waals surface area contributed by atoms with E-state index in [0.29, 0.717) is 12.5 Å². The van der Waals surface area contributed by atoms with Crippen molar-refractivity contribution in [2.45, 2.75) is 19.4 Å². The number of hydrogen-bond acceptors (Lipinski definition) is 2. The van der Waals surface area contributed by atoms with Crippen molar-refractivity contribution in [1.29, 1.82) is 0 Å². The van der Waals surface area contributed by atoms with Crippen molar-refractivity contribution in [3.63, 3.8) is 0 Å². The molecule has 0 N–H and O–H groups in total. The maximum Gasteiger partial charge on any atom is 0.273 e. The molecule has 2 rings (SSSR count). The molecular formula is C8H8Cl2N2O. The second-order valence-corrected chi connectivity index (χ2v) is 3.99. The van der Waals surface area contributed by atoms with Crippen molar-refractivity contribution in [3.05, 3.63) is 26.9 Å². The summed E-state index contributed by atoms with van der Waals surface area (Å²) in [4.78, 5) is 15.3. The highest BCUT2D eigenvalue weighted by molar-refractivity contribution is 6.40. The molecule has 1 fully saturated rings. The van der Waals surface area contributed by atoms with Crippen LogP contribution in [0.4, 0.5) is 0 Å². The fourth-order valence-corrected chi connectivity index (χ4v) is 1.43. The van der Waals surface area contributed by atoms with Crippen LogP contribution in [-0.2, 0) is 6.54 Å². The third-order valence-corrected chi connectivity index (χ3v) is 2.82. The van der Waals surface area contributed by atoms with Gasteiger partial charge in [-0.1, -0.05) is 23.2 Å². The number of rotatable bonds is 2. The molecule has 0 aliphatic heterocycles. The van der Waals surface area contributed by atoms with Crippen LogP contribution in [-0.4, -0.2) is 9.55 Å². The minimum absolute atomic E-state index is 0.0183. The van der Waals surface area contributed by atoms with E-state index < -0.39 is 0 Å². The molecule has 0 spiro atoms. The van der Waals surface area contributed by atoms with Crippen molar-refractivity contribution < 1.29 is 0 Å². The van der Waals surface area contributed by atoms with Crippen LogP contribution < -0.4 is 5.56 Å². The van der Waals surface area contributed by atoms with E-state index in [2.05, 4.69) is 4.98 Å². The minimum Gasteiger partial charge on any atom is -0.298 e. The van der Waals surface area contributed by atoms with E-state index >= 15 is 0 Å². The van der Waals surface area contributed by atoms with Gasteiger partial charge in [0.1, 0.15) is 5.02 Å². The van der Waals surface area contributed by atoms with Gasteiger partial charge in [-0.3, -0.25) is 9.36 Å². The van der Waals surface area contributed by atoms with Gasteiger partial charge in [-0.15, -0.1) is 0 Å². The first-order valence-corrected chi connectivity index (χ1v) is 4.84. The molecule has 1 saturated carbocycles. The molecule has 5 heteroatoms. The molecule has 0 saturated heterocycles. The van der Waals surface area contributed by atoms with E-state index in [-0.39, 0.29) is 15.7 Å². The van der Waals surface area contributed by atoms with Crippen molar-refractivity contribution in [2.24, 2.45) is 5.92 Å². The fourth-order valence-electron chi connectivity index (χ4n) is 1.15. The molecule has 1 heterocycles. The van der Waals surface area contributed by atoms with Gasteiger partial charge in [-0.2, -0.15) is 0 Å². The molecule has 1 aromatic rings. The molecule has 13 heavy (non-hydrogen) atoms. The molecule has 0 atom stereocenters. The summed E-state index contributed by atoms with van der Waals surface area (Å²) in [7, 11) is 0. The standard InChI is InChI=1S/C8H8Cl2N2O/c9-6-7(10)11-4-12(8(6)13)3-5-1-2-5/h4-5H,1-3H2. The molecule has 0 aromatic carbocycles. The number of aromatic nitrogens is 2. The summed E-state index contributed by atoms with van der Waals surface area (Å²) in [5.41, 5.74) is -0.242. The normalized spacial score (nSPS) is 16.2. The quantitative estimate of drug-likeness (QED) is 0.712. The maximum absolute atomic E-state index is 11.5. The molecule has 0 amide bonds. The summed E-state index contributed by atoms with van der Waals surface area (Å²) in [5.74, 6) is 0.622. The lowest BCUT2D eigenvalue weighted by atomic mass is 10.4. The van der Waals surface area contributed by atoms with Crippen LogP contribution in [0.5, 0.6) is 0 Å². The Morgan fingerprint density at radius 2 is 2.23 bits per heavy atom. The van der Waals surface area contributed by atoms with Crippen LogP contribution in [0, 0.1) is 5.92 Å². The number of halogens is 2. The average molecular weight is 219 g/mol. The van der Waals surface area contributed by atoms with Crippen LogP contribution in [0.2, 0.25) is 10.2 Å². The number of nitrogens with zero attached hydrogens (tertiary/aromatic N) is 2. The lowest BCUT2D eigenvalue weighted by Crippen LogP contribution is -2.21. The molecule has 3 nitrogen and oxygen atoms in total. The zero-order valence-electron chi connectivity index (χ0n) is 6.83. The van der Waals surface area contributed by atoms with Crippen LogP contribution in [0.15, 0.2) is 11.1 Å². The third kappa shape index (κ3) is 1.86. The Balaban J connectivity index is 2.35. The van der Waals surface area contributed by atoms with E-state index in [4.69, 9.17) is 23.2 Å². The van der Waals surface area contributed by atoms with Crippen LogP contribution >= 0.6 is 23.2 Å². The SMILES string of the molecule is O=c1c(Cl)c(Cl)ncn1CC1CC1. The lowest BCUT2D eigenvalue weighted by Gasteiger charge is -2.03. The van der Waals surface area contributed by atoms with Gasteiger partial charge in [-0.25, -0.2) is 4.98 Å². The van der Waals surface area contributed by atoms with Gasteiger partial charge in [0.25, 0.3) is 5.56 Å². The van der Waals surface area contributed by atoms with Gasteiger partial charge in [0, 0.05) is 6.54 Å². The van der Waals surface area contributed by atoms with Gasteiger partial charge >= 0.3 is 0 Å². The summed E-state index contributed by atoms with van der Waals surface area (Å²) in [6.45, 7) is 0.711. The van der Waals surface area contributed by atoms with Crippen molar-refractivity contribution in [2.75, 3.05) is 0 Å². The second-order valence-electron chi connectivity index (χ2n) is 3.25. The van der Waals surface area contributed by atoms with E-state index in [1.54, 1.807) is 0 Å². The predicted octanol–water partition coefficient (Wildman–Crippen LogP) is 1.96. The fraction of sp³-hybridized carbons (Fsp3) is 0.500. The van der Waals surface area contributed by atoms with Crippen LogP contribution in [0.25, 0.3) is 0 Å². The molecule has 0 bridgehead atoms. The zero-order valence-corrected chi connectivity index (χ0v) is 8.35. The Morgan fingerprint density at radius 1 is 1.54 bits per heavy atom. The topological polar surface area (TPSA) is 34.9 Å². The van der Waals surface area contributed by atoms with E-state index in [1.165, 1.54) is 23.7 Å². The summed E-state index contributed by atoms with van der Waals surface area (Å²) < 4.78 is 1.52. The molecule has 70 valence electrons. The van der Waals surface area contributed by atoms with Gasteiger partial charge in [0.2, 0.25) is 0 Å². The van der Waals surface area contributed by atoms with Gasteiger partial charge < -0.3 is 0 Å². The van der Waals surface area contributed by atoms with Crippen molar-refractivity contribution >= 4 is 23.2 Å². The van der Waals surface area contributed by atoms with Gasteiger partial charge in [-0.05, 0) is 18.8 Å². The Morgan fingerprint density at radius 3 is 2.85 bits per heavy atom. The highest BCUT2D eigenvalue weighted by Gasteiger charge is 2.22. The first-order valence-electron chi connectivity index (χ1n) is 4.09. The zero-order chi connectivity index (χ0) is 9.42. The largest absolute Gasteiger partial charge is 0.298 e. The Hall–Kier alpha value is -0.540. The highest BCUT2D eigenvalue weighted by atomic mass is 35.5. The molecule has 1 aliphatic carbocycles. The maximum atomic E-state index is 11.5. The third-order valence-electron chi connectivity index (χ3n) is 2.09. The average Bonchev–Trinajstić information content (AvgIpc) is 2.90. The highest BCUT2D eigenvalue weighted by Crippen LogP contribution is 2.30. The lowest BCUT2D eigenvalue weighted by molar-refractivity contribution is 0.596. The minimum atomic E-state index is -0.242. The van der Waals surface area contributed by atoms with Crippen molar-refractivity contribution in [3.8, 4) is 0 Å². The summed E-state index contributed by atoms with van der Waals surface area (Å²) >= 11 is 11.2. The smallest absolute Gasteiger partial charge is 0.273 e. The molecule has 1 aliphatic rings. The van der Waals surface area contributed by atoms with Crippen LogP contribution in [0.3, 0.4) is 0 Å². The van der Waals surface area contributed by atoms with E-state index in [9.17, 15) is 4.79 Å². The van der Waals surface area contributed by atoms with Gasteiger partial charge in [0.15, 0.2) is 5.15 Å². The Labute approximate surface area is 85.3 Å². The first kappa shape index (κ1) is 9.03. The molecular weight excluding hydrogens is 211 g/mol. The summed E-state index contributed by atoms with van der Waals surface area (Å²) in [6.07, 6.45) is 3.83. The second kappa shape index (κ2) is 3.31. The molecule has 0 radical (unpaired) electrons. The van der Waals surface area contributed by atoms with E-state index in [0.717, 1.165) is 0 Å². The van der Waals surface area contributed by atoms with E-state index in [1.807, 2.05) is 0 Å².